The fourth-order valence-corrected chi connectivity index (χ4v) is 2.87. The first-order valence-corrected chi connectivity index (χ1v) is 7.31. The van der Waals surface area contributed by atoms with Crippen LogP contribution in [0.25, 0.3) is 0 Å². The third-order valence-corrected chi connectivity index (χ3v) is 4.21. The van der Waals surface area contributed by atoms with Crippen LogP contribution in [-0.2, 0) is 0 Å². The van der Waals surface area contributed by atoms with Gasteiger partial charge in [-0.15, -0.1) is 0 Å². The number of nitrogens with one attached hydrogen (secondary N) is 1. The topological polar surface area (TPSA) is 15.3 Å². The lowest BCUT2D eigenvalue weighted by molar-refractivity contribution is 0.179. The molecule has 0 aromatic heterocycles. The number of hydrogen-bond donors (Lipinski definition) is 1. The van der Waals surface area contributed by atoms with Gasteiger partial charge in [0.2, 0.25) is 0 Å². The Morgan fingerprint density at radius 2 is 2.17 bits per heavy atom. The van der Waals surface area contributed by atoms with Gasteiger partial charge in [-0.05, 0) is 51.1 Å². The molecule has 1 N–H and O–H groups in total. The maximum atomic E-state index is 6.11. The average molecular weight is 287 g/mol. The predicted molar refractivity (Wildman–Crippen MR) is 79.8 cm³/mol. The van der Waals surface area contributed by atoms with Gasteiger partial charge in [0.15, 0.2) is 0 Å². The van der Waals surface area contributed by atoms with Gasteiger partial charge in [0.1, 0.15) is 0 Å². The Balaban J connectivity index is 1.82. The van der Waals surface area contributed by atoms with E-state index in [2.05, 4.69) is 17.3 Å². The van der Waals surface area contributed by atoms with Crippen LogP contribution < -0.4 is 5.32 Å². The van der Waals surface area contributed by atoms with Crippen molar-refractivity contribution in [3.8, 4) is 0 Å². The largest absolute Gasteiger partial charge is 0.384 e. The first-order valence-electron chi connectivity index (χ1n) is 6.56. The van der Waals surface area contributed by atoms with Crippen LogP contribution in [0, 0.1) is 0 Å². The van der Waals surface area contributed by atoms with Crippen molar-refractivity contribution in [3.63, 3.8) is 0 Å². The first kappa shape index (κ1) is 14.0. The standard InChI is InChI=1S/C14H20Cl2N2/c1-18-9-3-2-4-12(18)7-8-17-14-10-11(15)5-6-13(14)16/h5-6,10,12,17H,2-4,7-9H2,1H3. The first-order chi connectivity index (χ1) is 8.66. The number of likely N-dealkylation sites (tertiary alicyclic amines) is 1. The molecular formula is C14H20Cl2N2. The summed E-state index contributed by atoms with van der Waals surface area (Å²) < 4.78 is 0. The molecule has 0 bridgehead atoms. The van der Waals surface area contributed by atoms with Crippen molar-refractivity contribution in [1.29, 1.82) is 0 Å². The van der Waals surface area contributed by atoms with Gasteiger partial charge in [0.25, 0.3) is 0 Å². The number of nitrogens with zero attached hydrogens (tertiary/aromatic N) is 1. The van der Waals surface area contributed by atoms with E-state index in [9.17, 15) is 0 Å². The Morgan fingerprint density at radius 1 is 1.33 bits per heavy atom. The molecule has 2 nitrogen and oxygen atoms in total. The molecule has 1 heterocycles. The summed E-state index contributed by atoms with van der Waals surface area (Å²) in [5.74, 6) is 0. The van der Waals surface area contributed by atoms with Crippen LogP contribution in [-0.4, -0.2) is 31.1 Å². The van der Waals surface area contributed by atoms with Gasteiger partial charge in [-0.25, -0.2) is 0 Å². The second-order valence-electron chi connectivity index (χ2n) is 4.97. The van der Waals surface area contributed by atoms with Crippen molar-refractivity contribution in [3.05, 3.63) is 28.2 Å². The summed E-state index contributed by atoms with van der Waals surface area (Å²) in [6.45, 7) is 2.16. The normalized spacial score (nSPS) is 20.9. The molecule has 2 rings (SSSR count). The molecule has 0 radical (unpaired) electrons. The molecule has 1 saturated heterocycles. The van der Waals surface area contributed by atoms with E-state index in [0.717, 1.165) is 28.7 Å². The van der Waals surface area contributed by atoms with Crippen molar-refractivity contribution in [2.24, 2.45) is 0 Å². The summed E-state index contributed by atoms with van der Waals surface area (Å²) in [6.07, 6.45) is 5.15. The maximum absolute atomic E-state index is 6.11. The third kappa shape index (κ3) is 3.78. The van der Waals surface area contributed by atoms with E-state index in [-0.39, 0.29) is 0 Å². The van der Waals surface area contributed by atoms with Crippen molar-refractivity contribution in [1.82, 2.24) is 4.90 Å². The molecule has 0 aliphatic carbocycles. The molecule has 0 amide bonds. The summed E-state index contributed by atoms with van der Waals surface area (Å²) in [6, 6.07) is 6.22. The lowest BCUT2D eigenvalue weighted by Crippen LogP contribution is -2.37. The molecule has 1 aliphatic rings. The molecule has 100 valence electrons. The van der Waals surface area contributed by atoms with E-state index in [1.165, 1.54) is 25.8 Å². The van der Waals surface area contributed by atoms with Crippen molar-refractivity contribution >= 4 is 28.9 Å². The van der Waals surface area contributed by atoms with Gasteiger partial charge in [-0.3, -0.25) is 0 Å². The molecular weight excluding hydrogens is 267 g/mol. The Hall–Kier alpha value is -0.440. The van der Waals surface area contributed by atoms with Crippen LogP contribution in [0.4, 0.5) is 5.69 Å². The van der Waals surface area contributed by atoms with Crippen molar-refractivity contribution in [2.45, 2.75) is 31.7 Å². The molecule has 1 fully saturated rings. The molecule has 4 heteroatoms. The highest BCUT2D eigenvalue weighted by Gasteiger charge is 2.18. The summed E-state index contributed by atoms with van der Waals surface area (Å²) in [7, 11) is 2.22. The highest BCUT2D eigenvalue weighted by molar-refractivity contribution is 6.35. The van der Waals surface area contributed by atoms with Crippen LogP contribution in [0.5, 0.6) is 0 Å². The number of benzene rings is 1. The number of rotatable bonds is 4. The van der Waals surface area contributed by atoms with E-state index in [1.54, 1.807) is 0 Å². The van der Waals surface area contributed by atoms with Gasteiger partial charge in [0.05, 0.1) is 10.7 Å². The summed E-state index contributed by atoms with van der Waals surface area (Å²) in [5, 5.41) is 4.83. The van der Waals surface area contributed by atoms with Gasteiger partial charge in [-0.2, -0.15) is 0 Å². The lowest BCUT2D eigenvalue weighted by atomic mass is 10.0. The molecule has 0 saturated carbocycles. The SMILES string of the molecule is CN1CCCCC1CCNc1cc(Cl)ccc1Cl. The minimum absolute atomic E-state index is 0.698. The molecule has 1 unspecified atom stereocenters. The number of hydrogen-bond acceptors (Lipinski definition) is 2. The number of piperidine rings is 1. The Bertz CT molecular complexity index is 395. The van der Waals surface area contributed by atoms with Crippen LogP contribution in [0.2, 0.25) is 10.0 Å². The monoisotopic (exact) mass is 286 g/mol. The molecule has 18 heavy (non-hydrogen) atoms. The summed E-state index contributed by atoms with van der Waals surface area (Å²) in [5.41, 5.74) is 0.933. The van der Waals surface area contributed by atoms with E-state index in [4.69, 9.17) is 23.2 Å². The minimum atomic E-state index is 0.698. The lowest BCUT2D eigenvalue weighted by Gasteiger charge is -2.32. The fourth-order valence-electron chi connectivity index (χ4n) is 2.52. The van der Waals surface area contributed by atoms with E-state index >= 15 is 0 Å². The molecule has 1 atom stereocenters. The van der Waals surface area contributed by atoms with Crippen LogP contribution in [0.15, 0.2) is 18.2 Å². The van der Waals surface area contributed by atoms with E-state index in [1.807, 2.05) is 18.2 Å². The van der Waals surface area contributed by atoms with Gasteiger partial charge in [0, 0.05) is 17.6 Å². The van der Waals surface area contributed by atoms with Gasteiger partial charge < -0.3 is 10.2 Å². The molecule has 0 spiro atoms. The van der Waals surface area contributed by atoms with Crippen LogP contribution >= 0.6 is 23.2 Å². The zero-order valence-electron chi connectivity index (χ0n) is 10.8. The minimum Gasteiger partial charge on any atom is -0.384 e. The Labute approximate surface area is 119 Å². The third-order valence-electron chi connectivity index (χ3n) is 3.64. The Kier molecular flexibility index (Phi) is 5.16. The van der Waals surface area contributed by atoms with Crippen molar-refractivity contribution < 1.29 is 0 Å². The van der Waals surface area contributed by atoms with Gasteiger partial charge in [-0.1, -0.05) is 29.6 Å². The molecule has 1 aliphatic heterocycles. The maximum Gasteiger partial charge on any atom is 0.0638 e. The number of halogens is 2. The van der Waals surface area contributed by atoms with E-state index < -0.39 is 0 Å². The zero-order chi connectivity index (χ0) is 13.0. The summed E-state index contributed by atoms with van der Waals surface area (Å²) >= 11 is 12.1. The molecule has 1 aromatic rings. The predicted octanol–water partition coefficient (Wildman–Crippen LogP) is 4.28. The Morgan fingerprint density at radius 3 is 2.94 bits per heavy atom. The smallest absolute Gasteiger partial charge is 0.0638 e. The molecule has 1 aromatic carbocycles. The zero-order valence-corrected chi connectivity index (χ0v) is 12.3. The average Bonchev–Trinajstić information content (AvgIpc) is 2.36. The summed E-state index contributed by atoms with van der Waals surface area (Å²) in [4.78, 5) is 2.46. The second-order valence-corrected chi connectivity index (χ2v) is 5.81. The van der Waals surface area contributed by atoms with Gasteiger partial charge >= 0.3 is 0 Å². The van der Waals surface area contributed by atoms with Crippen LogP contribution in [0.1, 0.15) is 25.7 Å². The number of anilines is 1. The quantitative estimate of drug-likeness (QED) is 0.889. The fraction of sp³-hybridized carbons (Fsp3) is 0.571. The highest BCUT2D eigenvalue weighted by Crippen LogP contribution is 2.25. The van der Waals surface area contributed by atoms with Crippen molar-refractivity contribution in [2.75, 3.05) is 25.5 Å². The van der Waals surface area contributed by atoms with E-state index in [0.29, 0.717) is 6.04 Å². The van der Waals surface area contributed by atoms with Crippen LogP contribution in [0.3, 0.4) is 0 Å². The second kappa shape index (κ2) is 6.65. The highest BCUT2D eigenvalue weighted by atomic mass is 35.5.